The van der Waals surface area contributed by atoms with Crippen molar-refractivity contribution in [1.29, 1.82) is 0 Å². The first-order valence-corrected chi connectivity index (χ1v) is 6.82. The number of aromatic nitrogens is 1. The minimum atomic E-state index is 0.611. The van der Waals surface area contributed by atoms with E-state index < -0.39 is 0 Å². The highest BCUT2D eigenvalue weighted by atomic mass is 16.3. The molecule has 3 nitrogen and oxygen atoms in total. The average molecular weight is 252 g/mol. The standard InChI is InChI=1S/C16H16N2O/c1-2-12-8-15(14(12)3-1)18-13-6-4-11(5-7-13)16-9-17-10-19-16/h1,3-7,9-10,12,14-15,18H,2,8H2. The van der Waals surface area contributed by atoms with Crippen LogP contribution >= 0.6 is 0 Å². The van der Waals surface area contributed by atoms with E-state index in [1.54, 1.807) is 6.20 Å². The second-order valence-electron chi connectivity index (χ2n) is 5.43. The number of allylic oxidation sites excluding steroid dienone is 1. The molecule has 2 aromatic rings. The first kappa shape index (κ1) is 10.9. The molecule has 3 unspecified atom stereocenters. The number of nitrogens with one attached hydrogen (secondary N) is 1. The largest absolute Gasteiger partial charge is 0.444 e. The van der Waals surface area contributed by atoms with Crippen LogP contribution in [0.1, 0.15) is 12.8 Å². The second kappa shape index (κ2) is 4.26. The molecule has 1 aromatic heterocycles. The van der Waals surface area contributed by atoms with Crippen molar-refractivity contribution in [2.75, 3.05) is 5.32 Å². The van der Waals surface area contributed by atoms with Crippen LogP contribution in [0.3, 0.4) is 0 Å². The molecule has 0 bridgehead atoms. The van der Waals surface area contributed by atoms with E-state index in [1.807, 2.05) is 0 Å². The van der Waals surface area contributed by atoms with Crippen LogP contribution in [-0.2, 0) is 0 Å². The van der Waals surface area contributed by atoms with Crippen LogP contribution in [0.15, 0.2) is 53.4 Å². The zero-order chi connectivity index (χ0) is 12.7. The number of oxazole rings is 1. The molecule has 3 atom stereocenters. The third kappa shape index (κ3) is 1.86. The first-order chi connectivity index (χ1) is 9.40. The molecule has 2 aliphatic carbocycles. The maximum absolute atomic E-state index is 5.29. The fourth-order valence-corrected chi connectivity index (χ4v) is 3.19. The Balaban J connectivity index is 1.46. The molecule has 0 saturated heterocycles. The summed E-state index contributed by atoms with van der Waals surface area (Å²) in [6, 6.07) is 8.99. The zero-order valence-electron chi connectivity index (χ0n) is 10.6. The lowest BCUT2D eigenvalue weighted by Gasteiger charge is -2.41. The van der Waals surface area contributed by atoms with Crippen LogP contribution in [0.25, 0.3) is 11.3 Å². The van der Waals surface area contributed by atoms with E-state index in [4.69, 9.17) is 4.42 Å². The van der Waals surface area contributed by atoms with Gasteiger partial charge in [-0.25, -0.2) is 4.98 Å². The zero-order valence-corrected chi connectivity index (χ0v) is 10.6. The Labute approximate surface area is 112 Å². The lowest BCUT2D eigenvalue weighted by Crippen LogP contribution is -2.43. The molecule has 0 aliphatic heterocycles. The maximum atomic E-state index is 5.29. The SMILES string of the molecule is C1=CC2C(C1)CC2Nc1ccc(-c2cnco2)cc1. The van der Waals surface area contributed by atoms with Crippen molar-refractivity contribution in [3.05, 3.63) is 49.0 Å². The highest BCUT2D eigenvalue weighted by Gasteiger charge is 2.40. The van der Waals surface area contributed by atoms with Crippen molar-refractivity contribution in [3.63, 3.8) is 0 Å². The fourth-order valence-electron chi connectivity index (χ4n) is 3.19. The van der Waals surface area contributed by atoms with Gasteiger partial charge in [0.05, 0.1) is 6.20 Å². The first-order valence-electron chi connectivity index (χ1n) is 6.82. The Morgan fingerprint density at radius 3 is 2.84 bits per heavy atom. The summed E-state index contributed by atoms with van der Waals surface area (Å²) in [4.78, 5) is 3.94. The topological polar surface area (TPSA) is 38.1 Å². The van der Waals surface area contributed by atoms with Crippen LogP contribution in [0.5, 0.6) is 0 Å². The molecule has 96 valence electrons. The monoisotopic (exact) mass is 252 g/mol. The van der Waals surface area contributed by atoms with Gasteiger partial charge in [0.2, 0.25) is 0 Å². The van der Waals surface area contributed by atoms with E-state index in [9.17, 15) is 0 Å². The predicted molar refractivity (Wildman–Crippen MR) is 74.7 cm³/mol. The second-order valence-corrected chi connectivity index (χ2v) is 5.43. The van der Waals surface area contributed by atoms with Gasteiger partial charge in [-0.05, 0) is 43.0 Å². The molecule has 0 amide bonds. The van der Waals surface area contributed by atoms with Crippen molar-refractivity contribution in [2.45, 2.75) is 18.9 Å². The maximum Gasteiger partial charge on any atom is 0.181 e. The summed E-state index contributed by atoms with van der Waals surface area (Å²) in [6.07, 6.45) is 10.5. The van der Waals surface area contributed by atoms with Crippen molar-refractivity contribution in [2.24, 2.45) is 11.8 Å². The van der Waals surface area contributed by atoms with Gasteiger partial charge in [-0.3, -0.25) is 0 Å². The number of nitrogens with zero attached hydrogens (tertiary/aromatic N) is 1. The molecule has 1 fully saturated rings. The Hall–Kier alpha value is -2.03. The van der Waals surface area contributed by atoms with E-state index in [1.165, 1.54) is 24.9 Å². The Bertz CT molecular complexity index is 586. The summed E-state index contributed by atoms with van der Waals surface area (Å²) in [7, 11) is 0. The van der Waals surface area contributed by atoms with Gasteiger partial charge in [-0.1, -0.05) is 12.2 Å². The summed E-state index contributed by atoms with van der Waals surface area (Å²) >= 11 is 0. The molecule has 19 heavy (non-hydrogen) atoms. The lowest BCUT2D eigenvalue weighted by molar-refractivity contribution is 0.218. The van der Waals surface area contributed by atoms with Crippen molar-refractivity contribution < 1.29 is 4.42 Å². The van der Waals surface area contributed by atoms with Gasteiger partial charge >= 0.3 is 0 Å². The molecule has 1 heterocycles. The Kier molecular flexibility index (Phi) is 2.44. The van der Waals surface area contributed by atoms with Gasteiger partial charge < -0.3 is 9.73 Å². The normalized spacial score (nSPS) is 27.9. The summed E-state index contributed by atoms with van der Waals surface area (Å²) in [5, 5.41) is 3.62. The van der Waals surface area contributed by atoms with Gasteiger partial charge in [0.1, 0.15) is 0 Å². The smallest absolute Gasteiger partial charge is 0.181 e. The number of fused-ring (bicyclic) bond motifs is 1. The van der Waals surface area contributed by atoms with Gasteiger partial charge in [0.25, 0.3) is 0 Å². The number of benzene rings is 1. The van der Waals surface area contributed by atoms with Crippen LogP contribution in [0.4, 0.5) is 5.69 Å². The summed E-state index contributed by atoms with van der Waals surface area (Å²) in [5.74, 6) is 2.45. The minimum absolute atomic E-state index is 0.611. The molecule has 1 saturated carbocycles. The van der Waals surface area contributed by atoms with E-state index in [0.717, 1.165) is 23.2 Å². The highest BCUT2D eigenvalue weighted by molar-refractivity contribution is 5.60. The van der Waals surface area contributed by atoms with Crippen LogP contribution < -0.4 is 5.32 Å². The molecule has 1 aromatic carbocycles. The minimum Gasteiger partial charge on any atom is -0.444 e. The Morgan fingerprint density at radius 1 is 1.21 bits per heavy atom. The molecule has 0 spiro atoms. The van der Waals surface area contributed by atoms with E-state index in [-0.39, 0.29) is 0 Å². The highest BCUT2D eigenvalue weighted by Crippen LogP contribution is 2.44. The van der Waals surface area contributed by atoms with Crippen molar-refractivity contribution in [1.82, 2.24) is 4.98 Å². The average Bonchev–Trinajstić information content (AvgIpc) is 3.06. The summed E-state index contributed by atoms with van der Waals surface area (Å²) in [6.45, 7) is 0. The van der Waals surface area contributed by atoms with Crippen molar-refractivity contribution in [3.8, 4) is 11.3 Å². The van der Waals surface area contributed by atoms with Gasteiger partial charge in [-0.15, -0.1) is 0 Å². The lowest BCUT2D eigenvalue weighted by atomic mass is 9.71. The quantitative estimate of drug-likeness (QED) is 0.846. The number of hydrogen-bond acceptors (Lipinski definition) is 3. The molecular weight excluding hydrogens is 236 g/mol. The van der Waals surface area contributed by atoms with Gasteiger partial charge in [0.15, 0.2) is 12.2 Å². The van der Waals surface area contributed by atoms with E-state index >= 15 is 0 Å². The third-order valence-electron chi connectivity index (χ3n) is 4.32. The van der Waals surface area contributed by atoms with Crippen molar-refractivity contribution >= 4 is 5.69 Å². The van der Waals surface area contributed by atoms with Crippen LogP contribution in [0, 0.1) is 11.8 Å². The molecule has 0 radical (unpaired) electrons. The molecule has 4 rings (SSSR count). The molecular formula is C16H16N2O. The van der Waals surface area contributed by atoms with Crippen LogP contribution in [0.2, 0.25) is 0 Å². The number of hydrogen-bond donors (Lipinski definition) is 1. The van der Waals surface area contributed by atoms with Crippen LogP contribution in [-0.4, -0.2) is 11.0 Å². The van der Waals surface area contributed by atoms with Gasteiger partial charge in [0, 0.05) is 23.2 Å². The number of rotatable bonds is 3. The molecule has 1 N–H and O–H groups in total. The predicted octanol–water partition coefficient (Wildman–Crippen LogP) is 3.72. The van der Waals surface area contributed by atoms with E-state index in [0.29, 0.717) is 6.04 Å². The summed E-state index contributed by atoms with van der Waals surface area (Å²) in [5.41, 5.74) is 2.25. The van der Waals surface area contributed by atoms with E-state index in [2.05, 4.69) is 46.7 Å². The summed E-state index contributed by atoms with van der Waals surface area (Å²) < 4.78 is 5.29. The number of anilines is 1. The Morgan fingerprint density at radius 2 is 2.11 bits per heavy atom. The third-order valence-corrected chi connectivity index (χ3v) is 4.32. The van der Waals surface area contributed by atoms with Gasteiger partial charge in [-0.2, -0.15) is 0 Å². The molecule has 2 aliphatic rings. The fraction of sp³-hybridized carbons (Fsp3) is 0.312. The molecule has 3 heteroatoms.